The number of anilines is 1. The lowest BCUT2D eigenvalue weighted by Crippen LogP contribution is -2.36. The van der Waals surface area contributed by atoms with E-state index in [1.165, 1.54) is 31.1 Å². The van der Waals surface area contributed by atoms with Crippen molar-refractivity contribution in [1.29, 1.82) is 0 Å². The average Bonchev–Trinajstić information content (AvgIpc) is 2.58. The number of hydrazone groups is 1. The quantitative estimate of drug-likeness (QED) is 0.156. The third-order valence-corrected chi connectivity index (χ3v) is 3.53. The van der Waals surface area contributed by atoms with E-state index < -0.39 is 23.7 Å². The van der Waals surface area contributed by atoms with Crippen molar-refractivity contribution in [3.63, 3.8) is 0 Å². The van der Waals surface area contributed by atoms with Crippen molar-refractivity contribution in [1.82, 2.24) is 20.6 Å². The Hall–Kier alpha value is -2.84. The highest BCUT2D eigenvalue weighted by Crippen LogP contribution is 2.14. The molecule has 0 saturated carbocycles. The number of aromatic nitrogens is 2. The minimum atomic E-state index is -4.44. The molecule has 150 valence electrons. The second-order valence-electron chi connectivity index (χ2n) is 4.72. The molecule has 15 heteroatoms. The van der Waals surface area contributed by atoms with Gasteiger partial charge in [-0.2, -0.15) is 24.9 Å². The summed E-state index contributed by atoms with van der Waals surface area (Å²) >= 11 is 1.44. The van der Waals surface area contributed by atoms with Crippen LogP contribution in [0.4, 0.5) is 19.0 Å². The van der Waals surface area contributed by atoms with E-state index in [2.05, 4.69) is 36.0 Å². The number of nitro groups is 1. The van der Waals surface area contributed by atoms with E-state index in [4.69, 9.17) is 5.73 Å². The van der Waals surface area contributed by atoms with Gasteiger partial charge in [0.15, 0.2) is 11.0 Å². The maximum atomic E-state index is 12.1. The summed E-state index contributed by atoms with van der Waals surface area (Å²) in [6, 6.07) is 1.44. The molecule has 0 amide bonds. The fourth-order valence-electron chi connectivity index (χ4n) is 1.54. The Bertz CT molecular complexity index is 684. The molecule has 27 heavy (non-hydrogen) atoms. The summed E-state index contributed by atoms with van der Waals surface area (Å²) in [7, 11) is 1.50. The number of aliphatic imine (C=N–C) groups is 1. The van der Waals surface area contributed by atoms with Crippen molar-refractivity contribution in [2.45, 2.75) is 11.9 Å². The Labute approximate surface area is 156 Å². The van der Waals surface area contributed by atoms with Crippen LogP contribution in [0.25, 0.3) is 0 Å². The van der Waals surface area contributed by atoms with E-state index in [1.54, 1.807) is 0 Å². The zero-order valence-electron chi connectivity index (χ0n) is 14.2. The Morgan fingerprint density at radius 2 is 2.22 bits per heavy atom. The number of nitrogens with zero attached hydrogens (tertiary/aromatic N) is 5. The Morgan fingerprint density at radius 1 is 1.48 bits per heavy atom. The first-order valence-corrected chi connectivity index (χ1v) is 8.53. The first-order chi connectivity index (χ1) is 12.7. The molecule has 0 spiro atoms. The van der Waals surface area contributed by atoms with Crippen LogP contribution in [0.3, 0.4) is 0 Å². The van der Waals surface area contributed by atoms with Crippen molar-refractivity contribution in [2.24, 2.45) is 15.8 Å². The van der Waals surface area contributed by atoms with Crippen LogP contribution in [0.1, 0.15) is 5.82 Å². The first kappa shape index (κ1) is 22.2. The lowest BCUT2D eigenvalue weighted by molar-refractivity contribution is -0.485. The molecule has 0 aliphatic carbocycles. The SMILES string of the molecule is CN/C(=N/[N+](=O)[O-])NCCSCc1nccc(NC(N)=NCC(F)(F)F)n1. The molecular weight excluding hydrogens is 391 g/mol. The number of thioether (sulfide) groups is 1. The van der Waals surface area contributed by atoms with E-state index >= 15 is 0 Å². The topological polar surface area (TPSA) is 156 Å². The van der Waals surface area contributed by atoms with E-state index in [0.717, 1.165) is 0 Å². The third-order valence-electron chi connectivity index (χ3n) is 2.58. The molecule has 0 atom stereocenters. The van der Waals surface area contributed by atoms with Crippen LogP contribution in [0, 0.1) is 10.1 Å². The van der Waals surface area contributed by atoms with Gasteiger partial charge in [-0.05, 0) is 6.07 Å². The average molecular weight is 409 g/mol. The van der Waals surface area contributed by atoms with E-state index in [1.807, 2.05) is 0 Å². The molecule has 0 saturated heterocycles. The fourth-order valence-corrected chi connectivity index (χ4v) is 2.26. The van der Waals surface area contributed by atoms with Gasteiger partial charge in [-0.15, -0.1) is 0 Å². The van der Waals surface area contributed by atoms with Gasteiger partial charge in [0.05, 0.1) is 5.75 Å². The van der Waals surface area contributed by atoms with Gasteiger partial charge in [0.25, 0.3) is 5.96 Å². The Kier molecular flexibility index (Phi) is 9.04. The summed E-state index contributed by atoms with van der Waals surface area (Å²) in [5.41, 5.74) is 5.38. The number of guanidine groups is 2. The van der Waals surface area contributed by atoms with Gasteiger partial charge in [0, 0.05) is 25.5 Å². The molecule has 0 unspecified atom stereocenters. The van der Waals surface area contributed by atoms with Gasteiger partial charge in [0.2, 0.25) is 0 Å². The van der Waals surface area contributed by atoms with Gasteiger partial charge < -0.3 is 21.7 Å². The smallest absolute Gasteiger partial charge is 0.370 e. The minimum Gasteiger partial charge on any atom is -0.370 e. The van der Waals surface area contributed by atoms with Gasteiger partial charge in [0.1, 0.15) is 23.3 Å². The summed E-state index contributed by atoms with van der Waals surface area (Å²) < 4.78 is 36.3. The van der Waals surface area contributed by atoms with Crippen LogP contribution in [0.5, 0.6) is 0 Å². The van der Waals surface area contributed by atoms with Crippen molar-refractivity contribution in [3.8, 4) is 0 Å². The van der Waals surface area contributed by atoms with E-state index in [-0.39, 0.29) is 11.8 Å². The predicted molar refractivity (Wildman–Crippen MR) is 95.9 cm³/mol. The summed E-state index contributed by atoms with van der Waals surface area (Å²) in [5, 5.41) is 20.3. The first-order valence-electron chi connectivity index (χ1n) is 7.37. The molecule has 0 aromatic carbocycles. The number of nitrogens with two attached hydrogens (primary N) is 1. The number of hydrogen-bond acceptors (Lipinski definition) is 6. The van der Waals surface area contributed by atoms with Gasteiger partial charge in [-0.1, -0.05) is 0 Å². The number of halogens is 3. The molecule has 0 aliphatic heterocycles. The summed E-state index contributed by atoms with van der Waals surface area (Å²) in [6.07, 6.45) is -3.01. The normalized spacial score (nSPS) is 12.6. The number of hydrogen-bond donors (Lipinski definition) is 4. The van der Waals surface area contributed by atoms with Crippen LogP contribution in [0.15, 0.2) is 22.4 Å². The predicted octanol–water partition coefficient (Wildman–Crippen LogP) is 0.355. The highest BCUT2D eigenvalue weighted by Gasteiger charge is 2.26. The fraction of sp³-hybridized carbons (Fsp3) is 0.500. The molecule has 11 nitrogen and oxygen atoms in total. The van der Waals surface area contributed by atoms with Gasteiger partial charge >= 0.3 is 6.18 Å². The number of rotatable bonds is 8. The molecule has 5 N–H and O–H groups in total. The van der Waals surface area contributed by atoms with Crippen molar-refractivity contribution in [2.75, 3.05) is 31.2 Å². The molecular formula is C12H18F3N9O2S. The standard InChI is InChI=1S/C12H18F3N9O2S/c1-17-11(23-24(25)26)19-4-5-27-6-9-18-3-2-8(21-9)22-10(16)20-7-12(13,14)15/h2-3H,4-7H2,1H3,(H2,17,19,23)(H3,16,18,20,21,22). The molecule has 1 heterocycles. The molecule has 0 bridgehead atoms. The summed E-state index contributed by atoms with van der Waals surface area (Å²) in [5.74, 6) is 1.28. The zero-order valence-corrected chi connectivity index (χ0v) is 15.0. The van der Waals surface area contributed by atoms with E-state index in [9.17, 15) is 23.3 Å². The highest BCUT2D eigenvalue weighted by molar-refractivity contribution is 7.98. The largest absolute Gasteiger partial charge is 0.408 e. The minimum absolute atomic E-state index is 0.0386. The number of nitrogens with one attached hydrogen (secondary N) is 3. The summed E-state index contributed by atoms with van der Waals surface area (Å²) in [6.45, 7) is -0.978. The number of alkyl halides is 3. The zero-order chi connectivity index (χ0) is 20.3. The van der Waals surface area contributed by atoms with Crippen LogP contribution >= 0.6 is 11.8 Å². The molecule has 1 rings (SSSR count). The van der Waals surface area contributed by atoms with Gasteiger partial charge in [-0.25, -0.2) is 25.1 Å². The van der Waals surface area contributed by atoms with Crippen molar-refractivity contribution < 1.29 is 18.2 Å². The van der Waals surface area contributed by atoms with Crippen LogP contribution in [-0.2, 0) is 5.75 Å². The molecule has 0 aliphatic rings. The lowest BCUT2D eigenvalue weighted by Gasteiger charge is -2.08. The van der Waals surface area contributed by atoms with Gasteiger partial charge in [-0.3, -0.25) is 0 Å². The Morgan fingerprint density at radius 3 is 2.85 bits per heavy atom. The van der Waals surface area contributed by atoms with Crippen molar-refractivity contribution in [3.05, 3.63) is 28.2 Å². The molecule has 0 fully saturated rings. The lowest BCUT2D eigenvalue weighted by atomic mass is 10.5. The van der Waals surface area contributed by atoms with Crippen LogP contribution < -0.4 is 21.7 Å². The second kappa shape index (κ2) is 11.0. The highest BCUT2D eigenvalue weighted by atomic mass is 32.2. The molecule has 0 radical (unpaired) electrons. The molecule has 1 aromatic rings. The van der Waals surface area contributed by atoms with Crippen LogP contribution in [-0.4, -0.2) is 59.0 Å². The maximum Gasteiger partial charge on any atom is 0.408 e. The maximum absolute atomic E-state index is 12.1. The Balaban J connectivity index is 2.43. The second-order valence-corrected chi connectivity index (χ2v) is 5.82. The van der Waals surface area contributed by atoms with E-state index in [0.29, 0.717) is 23.9 Å². The monoisotopic (exact) mass is 409 g/mol. The van der Waals surface area contributed by atoms with Crippen molar-refractivity contribution >= 4 is 29.5 Å². The third kappa shape index (κ3) is 10.7. The molecule has 1 aromatic heterocycles. The van der Waals surface area contributed by atoms with Crippen LogP contribution in [0.2, 0.25) is 0 Å². The summed E-state index contributed by atoms with van der Waals surface area (Å²) in [4.78, 5) is 21.6.